The first-order chi connectivity index (χ1) is 16.8. The lowest BCUT2D eigenvalue weighted by atomic mass is 9.99. The smallest absolute Gasteiger partial charge is 0.195 e. The lowest BCUT2D eigenvalue weighted by Gasteiger charge is -2.13. The number of aliphatic hydroxyl groups is 1. The first-order valence-electron chi connectivity index (χ1n) is 11.1. The number of para-hydroxylation sites is 1. The monoisotopic (exact) mass is 525 g/mol. The molecule has 0 saturated heterocycles. The van der Waals surface area contributed by atoms with Gasteiger partial charge in [0, 0.05) is 5.56 Å². The van der Waals surface area contributed by atoms with Gasteiger partial charge in [-0.2, -0.15) is 0 Å². The Morgan fingerprint density at radius 3 is 2.51 bits per heavy atom. The zero-order valence-electron chi connectivity index (χ0n) is 18.5. The Hall–Kier alpha value is -2.89. The Bertz CT molecular complexity index is 1570. The second kappa shape index (κ2) is 9.29. The second-order valence-electron chi connectivity index (χ2n) is 8.72. The molecule has 1 heterocycles. The number of halogens is 2. The van der Waals surface area contributed by atoms with Crippen LogP contribution in [0.5, 0.6) is 0 Å². The van der Waals surface area contributed by atoms with Crippen molar-refractivity contribution in [1.29, 1.82) is 0 Å². The summed E-state index contributed by atoms with van der Waals surface area (Å²) in [5.41, 5.74) is 3.36. The molecular formula is C26H21Cl2N3O3S. The summed E-state index contributed by atoms with van der Waals surface area (Å²) in [7, 11) is -3.32. The number of imidazole rings is 1. The Labute approximate surface area is 213 Å². The van der Waals surface area contributed by atoms with E-state index in [1.54, 1.807) is 48.5 Å². The van der Waals surface area contributed by atoms with Crippen LogP contribution in [0.25, 0.3) is 27.0 Å². The summed E-state index contributed by atoms with van der Waals surface area (Å²) in [5.74, 6) is 0.405. The van der Waals surface area contributed by atoms with Gasteiger partial charge in [0.1, 0.15) is 11.3 Å². The summed E-state index contributed by atoms with van der Waals surface area (Å²) in [6.07, 6.45) is 1.93. The van der Waals surface area contributed by atoms with Crippen molar-refractivity contribution in [3.05, 3.63) is 87.4 Å². The molecule has 1 aliphatic carbocycles. The Balaban J connectivity index is 1.53. The van der Waals surface area contributed by atoms with E-state index in [9.17, 15) is 13.5 Å². The molecule has 1 fully saturated rings. The van der Waals surface area contributed by atoms with Crippen LogP contribution < -0.4 is 0 Å². The van der Waals surface area contributed by atoms with E-state index in [2.05, 4.69) is 14.8 Å². The van der Waals surface area contributed by atoms with Gasteiger partial charge in [0.2, 0.25) is 0 Å². The molecule has 5 rings (SSSR count). The SMILES string of the molecule is [C-]#[N+]c1ccccc1-c1c(Cl)cc2[nH]c(C(CO)c3ccc(S(=O)(=O)CC4CC4)cc3)nc2c1Cl. The van der Waals surface area contributed by atoms with E-state index in [4.69, 9.17) is 29.8 Å². The van der Waals surface area contributed by atoms with Crippen molar-refractivity contribution in [2.24, 2.45) is 5.92 Å². The lowest BCUT2D eigenvalue weighted by Crippen LogP contribution is -2.10. The minimum absolute atomic E-state index is 0.178. The Morgan fingerprint density at radius 2 is 1.86 bits per heavy atom. The summed E-state index contributed by atoms with van der Waals surface area (Å²) in [4.78, 5) is 11.7. The van der Waals surface area contributed by atoms with E-state index in [1.807, 2.05) is 6.07 Å². The molecule has 0 bridgehead atoms. The molecule has 0 aliphatic heterocycles. The molecule has 2 N–H and O–H groups in total. The van der Waals surface area contributed by atoms with Gasteiger partial charge in [-0.15, -0.1) is 0 Å². The molecule has 1 saturated carbocycles. The van der Waals surface area contributed by atoms with Crippen LogP contribution in [0.3, 0.4) is 0 Å². The summed E-state index contributed by atoms with van der Waals surface area (Å²) in [6.45, 7) is 7.22. The van der Waals surface area contributed by atoms with E-state index in [0.717, 1.165) is 18.4 Å². The third-order valence-electron chi connectivity index (χ3n) is 6.29. The molecule has 0 spiro atoms. The number of H-pyrrole nitrogens is 1. The standard InChI is InChI=1S/C26H21Cl2N3O3S/c1-29-21-5-3-2-4-18(21)23-20(27)12-22-25(24(23)28)31-26(30-22)19(13-32)16-8-10-17(11-9-16)35(33,34)14-15-6-7-15/h2-5,8-12,15,19,32H,6-7,13-14H2,(H,30,31). The van der Waals surface area contributed by atoms with E-state index < -0.39 is 15.8 Å². The van der Waals surface area contributed by atoms with E-state index >= 15 is 0 Å². The van der Waals surface area contributed by atoms with Crippen molar-refractivity contribution >= 4 is 49.8 Å². The molecule has 35 heavy (non-hydrogen) atoms. The highest BCUT2D eigenvalue weighted by Gasteiger charge is 2.29. The number of fused-ring (bicyclic) bond motifs is 1. The number of aliphatic hydroxyl groups excluding tert-OH is 1. The number of aromatic amines is 1. The van der Waals surface area contributed by atoms with Crippen LogP contribution in [-0.2, 0) is 9.84 Å². The quantitative estimate of drug-likeness (QED) is 0.273. The number of rotatable bonds is 7. The average molecular weight is 526 g/mol. The maximum Gasteiger partial charge on any atom is 0.195 e. The highest BCUT2D eigenvalue weighted by Crippen LogP contribution is 2.43. The largest absolute Gasteiger partial charge is 0.395 e. The van der Waals surface area contributed by atoms with Gasteiger partial charge in [0.15, 0.2) is 15.5 Å². The fourth-order valence-electron chi connectivity index (χ4n) is 4.24. The summed E-state index contributed by atoms with van der Waals surface area (Å²) >= 11 is 13.3. The van der Waals surface area contributed by atoms with E-state index in [0.29, 0.717) is 43.7 Å². The van der Waals surface area contributed by atoms with Crippen molar-refractivity contribution in [1.82, 2.24) is 9.97 Å². The predicted molar refractivity (Wildman–Crippen MR) is 138 cm³/mol. The number of nitrogens with one attached hydrogen (secondary N) is 1. The number of nitrogens with zero attached hydrogens (tertiary/aromatic N) is 2. The van der Waals surface area contributed by atoms with Crippen LogP contribution in [0.2, 0.25) is 10.0 Å². The maximum atomic E-state index is 12.6. The van der Waals surface area contributed by atoms with Gasteiger partial charge in [0.05, 0.1) is 45.3 Å². The fraction of sp³-hybridized carbons (Fsp3) is 0.231. The number of sulfone groups is 1. The number of aromatic nitrogens is 2. The molecule has 178 valence electrons. The molecule has 1 aliphatic rings. The van der Waals surface area contributed by atoms with Crippen molar-refractivity contribution in [3.63, 3.8) is 0 Å². The zero-order chi connectivity index (χ0) is 24.7. The van der Waals surface area contributed by atoms with E-state index in [-0.39, 0.29) is 23.2 Å². The minimum atomic E-state index is -3.32. The first-order valence-corrected chi connectivity index (χ1v) is 13.5. The molecule has 0 amide bonds. The number of hydrogen-bond donors (Lipinski definition) is 2. The van der Waals surface area contributed by atoms with E-state index in [1.165, 1.54) is 0 Å². The highest BCUT2D eigenvalue weighted by molar-refractivity contribution is 7.91. The highest BCUT2D eigenvalue weighted by atomic mass is 35.5. The van der Waals surface area contributed by atoms with Gasteiger partial charge in [-0.3, -0.25) is 0 Å². The number of benzene rings is 3. The fourth-order valence-corrected chi connectivity index (χ4v) is 6.64. The van der Waals surface area contributed by atoms with Gasteiger partial charge in [0.25, 0.3) is 0 Å². The summed E-state index contributed by atoms with van der Waals surface area (Å²) in [6, 6.07) is 15.4. The van der Waals surface area contributed by atoms with Crippen molar-refractivity contribution < 1.29 is 13.5 Å². The Kier molecular flexibility index (Phi) is 6.32. The third kappa shape index (κ3) is 4.55. The van der Waals surface area contributed by atoms with Gasteiger partial charge < -0.3 is 10.1 Å². The van der Waals surface area contributed by atoms with Gasteiger partial charge in [-0.25, -0.2) is 18.2 Å². The second-order valence-corrected chi connectivity index (χ2v) is 11.5. The molecule has 1 aromatic heterocycles. The number of hydrogen-bond acceptors (Lipinski definition) is 4. The van der Waals surface area contributed by atoms with Crippen LogP contribution in [0.15, 0.2) is 59.5 Å². The predicted octanol–water partition coefficient (Wildman–Crippen LogP) is 6.40. The third-order valence-corrected chi connectivity index (χ3v) is 8.85. The topological polar surface area (TPSA) is 87.4 Å². The molecule has 4 aromatic rings. The first kappa shape index (κ1) is 23.8. The summed E-state index contributed by atoms with van der Waals surface area (Å²) < 4.78 is 25.1. The maximum absolute atomic E-state index is 12.6. The molecule has 1 atom stereocenters. The molecule has 9 heteroatoms. The molecule has 1 unspecified atom stereocenters. The zero-order valence-corrected chi connectivity index (χ0v) is 20.8. The molecular weight excluding hydrogens is 505 g/mol. The molecule has 0 radical (unpaired) electrons. The van der Waals surface area contributed by atoms with Gasteiger partial charge >= 0.3 is 0 Å². The molecule has 3 aromatic carbocycles. The van der Waals surface area contributed by atoms with Crippen LogP contribution >= 0.6 is 23.2 Å². The van der Waals surface area contributed by atoms with Crippen molar-refractivity contribution in [2.45, 2.75) is 23.7 Å². The van der Waals surface area contributed by atoms with Crippen molar-refractivity contribution in [3.8, 4) is 11.1 Å². The van der Waals surface area contributed by atoms with Crippen molar-refractivity contribution in [2.75, 3.05) is 12.4 Å². The van der Waals surface area contributed by atoms with Gasteiger partial charge in [-0.1, -0.05) is 59.6 Å². The van der Waals surface area contributed by atoms with Gasteiger partial charge in [-0.05, 0) is 48.1 Å². The van der Waals surface area contributed by atoms with Crippen LogP contribution in [0, 0.1) is 12.5 Å². The normalized spacial score (nSPS) is 14.7. The average Bonchev–Trinajstić information content (AvgIpc) is 3.55. The minimum Gasteiger partial charge on any atom is -0.395 e. The van der Waals surface area contributed by atoms with Crippen LogP contribution in [-0.4, -0.2) is 35.9 Å². The Morgan fingerprint density at radius 1 is 1.14 bits per heavy atom. The van der Waals surface area contributed by atoms with Crippen LogP contribution in [0.1, 0.15) is 30.1 Å². The lowest BCUT2D eigenvalue weighted by molar-refractivity contribution is 0.277. The molecule has 6 nitrogen and oxygen atoms in total. The summed E-state index contributed by atoms with van der Waals surface area (Å²) in [5, 5.41) is 10.9. The van der Waals surface area contributed by atoms with Crippen LogP contribution in [0.4, 0.5) is 5.69 Å².